The maximum Gasteiger partial charge on any atom is 0.342 e. The molecule has 1 atom stereocenters. The number of benzene rings is 1. The number of ether oxygens (including phenoxy) is 2. The van der Waals surface area contributed by atoms with Crippen molar-refractivity contribution in [2.45, 2.75) is 17.2 Å². The molecule has 3 N–H and O–H groups in total. The zero-order valence-corrected chi connectivity index (χ0v) is 16.9. The number of hydrazone groups is 1. The van der Waals surface area contributed by atoms with Crippen LogP contribution in [0.1, 0.15) is 12.5 Å². The van der Waals surface area contributed by atoms with E-state index in [4.69, 9.17) is 9.47 Å². The molecule has 0 fully saturated rings. The van der Waals surface area contributed by atoms with Crippen molar-refractivity contribution in [2.24, 2.45) is 5.10 Å². The molecule has 10 nitrogen and oxygen atoms in total. The standard InChI is InChI=1S/C15H16BrN5O5S/c1-7(27-14-13(23)18-15(24)21-20-14)12(22)19-17-6-8-4-9(16)11(26-3)10(5-8)25-2/h4-7H,1-3H3,(H,19,22)(H2,18,21,23,24)/b17-6+. The van der Waals surface area contributed by atoms with Crippen LogP contribution >= 0.6 is 27.7 Å². The summed E-state index contributed by atoms with van der Waals surface area (Å²) >= 11 is 4.26. The quantitative estimate of drug-likeness (QED) is 0.318. The van der Waals surface area contributed by atoms with E-state index in [1.807, 2.05) is 4.98 Å². The van der Waals surface area contributed by atoms with Gasteiger partial charge in [-0.15, -0.1) is 0 Å². The summed E-state index contributed by atoms with van der Waals surface area (Å²) in [6.07, 6.45) is 1.44. The van der Waals surface area contributed by atoms with Crippen LogP contribution in [0.25, 0.3) is 0 Å². The largest absolute Gasteiger partial charge is 0.493 e. The first-order valence-electron chi connectivity index (χ1n) is 7.45. The molecule has 0 bridgehead atoms. The van der Waals surface area contributed by atoms with Crippen molar-refractivity contribution in [1.29, 1.82) is 0 Å². The van der Waals surface area contributed by atoms with Gasteiger partial charge in [-0.05, 0) is 40.5 Å². The van der Waals surface area contributed by atoms with Crippen LogP contribution in [-0.4, -0.2) is 46.8 Å². The van der Waals surface area contributed by atoms with Gasteiger partial charge in [0, 0.05) is 0 Å². The molecule has 0 saturated carbocycles. The van der Waals surface area contributed by atoms with Gasteiger partial charge in [0.05, 0.1) is 30.2 Å². The van der Waals surface area contributed by atoms with Gasteiger partial charge >= 0.3 is 5.69 Å². The molecule has 12 heteroatoms. The Morgan fingerprint density at radius 1 is 1.37 bits per heavy atom. The van der Waals surface area contributed by atoms with Gasteiger partial charge in [0.1, 0.15) is 0 Å². The number of aromatic nitrogens is 3. The summed E-state index contributed by atoms with van der Waals surface area (Å²) in [6, 6.07) is 3.44. The molecule has 0 spiro atoms. The van der Waals surface area contributed by atoms with Crippen molar-refractivity contribution >= 4 is 39.8 Å². The zero-order chi connectivity index (χ0) is 20.0. The van der Waals surface area contributed by atoms with E-state index in [1.54, 1.807) is 19.1 Å². The number of halogens is 1. The van der Waals surface area contributed by atoms with Crippen molar-refractivity contribution in [3.8, 4) is 11.5 Å². The van der Waals surface area contributed by atoms with E-state index in [9.17, 15) is 14.4 Å². The highest BCUT2D eigenvalue weighted by molar-refractivity contribution is 9.10. The molecule has 1 unspecified atom stereocenters. The van der Waals surface area contributed by atoms with Gasteiger partial charge in [0.2, 0.25) is 0 Å². The summed E-state index contributed by atoms with van der Waals surface area (Å²) in [5, 5.41) is 8.91. The zero-order valence-electron chi connectivity index (χ0n) is 14.5. The highest BCUT2D eigenvalue weighted by Crippen LogP contribution is 2.35. The number of carbonyl (C=O) groups is 1. The minimum Gasteiger partial charge on any atom is -0.493 e. The fourth-order valence-electron chi connectivity index (χ4n) is 1.91. The van der Waals surface area contributed by atoms with E-state index in [2.05, 4.69) is 36.7 Å². The third-order valence-electron chi connectivity index (χ3n) is 3.18. The molecule has 2 rings (SSSR count). The van der Waals surface area contributed by atoms with Crippen LogP contribution < -0.4 is 26.1 Å². The lowest BCUT2D eigenvalue weighted by Gasteiger charge is -2.10. The van der Waals surface area contributed by atoms with Crippen LogP contribution in [0.2, 0.25) is 0 Å². The van der Waals surface area contributed by atoms with Gasteiger partial charge in [-0.25, -0.2) is 15.3 Å². The predicted octanol–water partition coefficient (Wildman–Crippen LogP) is 0.869. The van der Waals surface area contributed by atoms with E-state index in [-0.39, 0.29) is 5.03 Å². The second-order valence-corrected chi connectivity index (χ2v) is 7.23. The molecule has 27 heavy (non-hydrogen) atoms. The summed E-state index contributed by atoms with van der Waals surface area (Å²) in [5.74, 6) is 0.609. The molecule has 0 aliphatic carbocycles. The fraction of sp³-hybridized carbons (Fsp3) is 0.267. The molecule has 0 aliphatic heterocycles. The third kappa shape index (κ3) is 5.44. The average molecular weight is 458 g/mol. The third-order valence-corrected chi connectivity index (χ3v) is 4.84. The Bertz CT molecular complexity index is 974. The highest BCUT2D eigenvalue weighted by Gasteiger charge is 2.17. The van der Waals surface area contributed by atoms with Crippen molar-refractivity contribution in [3.63, 3.8) is 0 Å². The number of hydrogen-bond acceptors (Lipinski definition) is 8. The molecule has 1 heterocycles. The monoisotopic (exact) mass is 457 g/mol. The van der Waals surface area contributed by atoms with Crippen molar-refractivity contribution in [3.05, 3.63) is 43.0 Å². The topological polar surface area (TPSA) is 139 Å². The van der Waals surface area contributed by atoms with Crippen LogP contribution in [0, 0.1) is 0 Å². The molecule has 1 amide bonds. The van der Waals surface area contributed by atoms with E-state index < -0.39 is 22.4 Å². The van der Waals surface area contributed by atoms with Crippen LogP contribution in [0.3, 0.4) is 0 Å². The second kappa shape index (κ2) is 9.37. The minimum atomic E-state index is -0.716. The van der Waals surface area contributed by atoms with E-state index in [0.29, 0.717) is 21.5 Å². The SMILES string of the molecule is COc1cc(/C=N/NC(=O)C(C)Sc2n[nH]c(=O)[nH]c2=O)cc(Br)c1OC. The lowest BCUT2D eigenvalue weighted by Crippen LogP contribution is -2.30. The number of aromatic amines is 2. The maximum absolute atomic E-state index is 12.1. The fourth-order valence-corrected chi connectivity index (χ4v) is 3.28. The number of hydrogen-bond donors (Lipinski definition) is 3. The van der Waals surface area contributed by atoms with E-state index in [1.165, 1.54) is 20.4 Å². The van der Waals surface area contributed by atoms with E-state index in [0.717, 1.165) is 11.8 Å². The van der Waals surface area contributed by atoms with Crippen molar-refractivity contribution in [1.82, 2.24) is 20.6 Å². The first-order valence-corrected chi connectivity index (χ1v) is 9.13. The number of amides is 1. The Kier molecular flexibility index (Phi) is 7.19. The number of methoxy groups -OCH3 is 2. The molecule has 0 radical (unpaired) electrons. The molecule has 1 aromatic carbocycles. The lowest BCUT2D eigenvalue weighted by molar-refractivity contribution is -0.120. The van der Waals surface area contributed by atoms with Crippen molar-refractivity contribution in [2.75, 3.05) is 14.2 Å². The number of H-pyrrole nitrogens is 2. The lowest BCUT2D eigenvalue weighted by atomic mass is 10.2. The molecule has 0 aliphatic rings. The number of nitrogens with zero attached hydrogens (tertiary/aromatic N) is 2. The van der Waals surface area contributed by atoms with Gasteiger partial charge in [-0.1, -0.05) is 11.8 Å². The molecular formula is C15H16BrN5O5S. The van der Waals surface area contributed by atoms with Gasteiger partial charge in [0.25, 0.3) is 11.5 Å². The molecule has 144 valence electrons. The summed E-state index contributed by atoms with van der Waals surface area (Å²) in [6.45, 7) is 1.58. The van der Waals surface area contributed by atoms with Gasteiger partial charge in [0.15, 0.2) is 16.5 Å². The summed E-state index contributed by atoms with van der Waals surface area (Å²) in [4.78, 5) is 36.7. The minimum absolute atomic E-state index is 0.0231. The van der Waals surface area contributed by atoms with Crippen LogP contribution in [0.4, 0.5) is 0 Å². The Hall–Kier alpha value is -2.60. The predicted molar refractivity (Wildman–Crippen MR) is 104 cm³/mol. The normalized spacial score (nSPS) is 12.0. The van der Waals surface area contributed by atoms with E-state index >= 15 is 0 Å². The molecule has 1 aromatic heterocycles. The Morgan fingerprint density at radius 2 is 2.11 bits per heavy atom. The molecule has 0 saturated heterocycles. The van der Waals surface area contributed by atoms with Gasteiger partial charge in [-0.3, -0.25) is 14.6 Å². The summed E-state index contributed by atoms with van der Waals surface area (Å²) < 4.78 is 11.1. The van der Waals surface area contributed by atoms with Crippen LogP contribution in [0.15, 0.2) is 36.3 Å². The number of nitrogens with one attached hydrogen (secondary N) is 3. The van der Waals surface area contributed by atoms with Crippen LogP contribution in [0.5, 0.6) is 11.5 Å². The number of carbonyl (C=O) groups excluding carboxylic acids is 1. The van der Waals surface area contributed by atoms with Crippen LogP contribution in [-0.2, 0) is 4.79 Å². The number of rotatable bonds is 7. The highest BCUT2D eigenvalue weighted by atomic mass is 79.9. The smallest absolute Gasteiger partial charge is 0.342 e. The number of thioether (sulfide) groups is 1. The average Bonchev–Trinajstić information content (AvgIpc) is 2.63. The molecular weight excluding hydrogens is 442 g/mol. The summed E-state index contributed by atoms with van der Waals surface area (Å²) in [7, 11) is 3.04. The van der Waals surface area contributed by atoms with Crippen molar-refractivity contribution < 1.29 is 14.3 Å². The Morgan fingerprint density at radius 3 is 2.74 bits per heavy atom. The van der Waals surface area contributed by atoms with Gasteiger partial charge < -0.3 is 9.47 Å². The maximum atomic E-state index is 12.1. The first-order chi connectivity index (χ1) is 12.8. The summed E-state index contributed by atoms with van der Waals surface area (Å²) in [5.41, 5.74) is 1.66. The second-order valence-electron chi connectivity index (χ2n) is 5.04. The Labute approximate surface area is 165 Å². The molecule has 2 aromatic rings. The first kappa shape index (κ1) is 20.7. The Balaban J connectivity index is 2.03. The van der Waals surface area contributed by atoms with Gasteiger partial charge in [-0.2, -0.15) is 10.2 Å².